The summed E-state index contributed by atoms with van der Waals surface area (Å²) in [6.45, 7) is 3.23. The minimum Gasteiger partial charge on any atom is -0.507 e. The van der Waals surface area contributed by atoms with Crippen LogP contribution in [0.1, 0.15) is 59.3 Å². The number of alkyl halides is 6. The first-order valence-corrected chi connectivity index (χ1v) is 10.5. The molecule has 2 rings (SSSR count). The summed E-state index contributed by atoms with van der Waals surface area (Å²) in [5.74, 6) is -2.05. The molecule has 0 radical (unpaired) electrons. The quantitative estimate of drug-likeness (QED) is 0.161. The van der Waals surface area contributed by atoms with E-state index < -0.39 is 41.6 Å². The van der Waals surface area contributed by atoms with Gasteiger partial charge in [0.15, 0.2) is 0 Å². The molecule has 0 unspecified atom stereocenters. The van der Waals surface area contributed by atoms with E-state index in [9.17, 15) is 41.4 Å². The molecule has 2 aromatic rings. The number of rotatable bonds is 9. The number of allylic oxidation sites excluding steroid dienone is 2. The van der Waals surface area contributed by atoms with Gasteiger partial charge in [0.1, 0.15) is 17.1 Å². The zero-order valence-corrected chi connectivity index (χ0v) is 18.9. The predicted molar refractivity (Wildman–Crippen MR) is 119 cm³/mol. The Morgan fingerprint density at radius 2 is 1.66 bits per heavy atom. The van der Waals surface area contributed by atoms with Gasteiger partial charge in [0.2, 0.25) is 0 Å². The molecule has 0 aliphatic rings. The normalized spacial score (nSPS) is 12.1. The van der Waals surface area contributed by atoms with Gasteiger partial charge in [-0.2, -0.15) is 26.3 Å². The third-order valence-electron chi connectivity index (χ3n) is 4.88. The first-order valence-electron chi connectivity index (χ1n) is 10.5. The summed E-state index contributed by atoms with van der Waals surface area (Å²) < 4.78 is 81.1. The second kappa shape index (κ2) is 11.3. The fourth-order valence-electron chi connectivity index (χ4n) is 3.12. The molecule has 4 nitrogen and oxygen atoms in total. The molecule has 35 heavy (non-hydrogen) atoms. The molecule has 0 atom stereocenters. The van der Waals surface area contributed by atoms with E-state index in [-0.39, 0.29) is 36.3 Å². The van der Waals surface area contributed by atoms with Crippen LogP contribution in [0.5, 0.6) is 11.5 Å². The smallest absolute Gasteiger partial charge is 0.416 e. The van der Waals surface area contributed by atoms with Crippen LogP contribution in [-0.2, 0) is 12.6 Å². The van der Waals surface area contributed by atoms with Crippen LogP contribution in [0, 0.1) is 0 Å². The maximum absolute atomic E-state index is 12.8. The zero-order valence-electron chi connectivity index (χ0n) is 18.9. The molecule has 0 saturated heterocycles. The third kappa shape index (κ3) is 8.38. The highest BCUT2D eigenvalue weighted by Crippen LogP contribution is 2.37. The predicted octanol–water partition coefficient (Wildman–Crippen LogP) is 7.51. The van der Waals surface area contributed by atoms with E-state index in [2.05, 4.69) is 0 Å². The molecule has 0 aromatic heterocycles. The highest BCUT2D eigenvalue weighted by Gasteiger charge is 2.30. The van der Waals surface area contributed by atoms with Gasteiger partial charge < -0.3 is 14.9 Å². The van der Waals surface area contributed by atoms with Crippen LogP contribution in [0.4, 0.5) is 26.3 Å². The first-order chi connectivity index (χ1) is 16.2. The van der Waals surface area contributed by atoms with Gasteiger partial charge in [-0.3, -0.25) is 0 Å². The van der Waals surface area contributed by atoms with Crippen molar-refractivity contribution in [3.8, 4) is 11.5 Å². The Morgan fingerprint density at radius 1 is 1.03 bits per heavy atom. The Kier molecular flexibility index (Phi) is 9.00. The summed E-state index contributed by atoms with van der Waals surface area (Å²) >= 11 is 0. The van der Waals surface area contributed by atoms with E-state index in [4.69, 9.17) is 4.74 Å². The molecule has 0 bridgehead atoms. The van der Waals surface area contributed by atoms with Crippen molar-refractivity contribution < 1.29 is 46.1 Å². The molecule has 0 fully saturated rings. The lowest BCUT2D eigenvalue weighted by molar-refractivity contribution is -0.138. The Hall–Kier alpha value is -3.43. The number of benzene rings is 2. The molecule has 0 heterocycles. The van der Waals surface area contributed by atoms with Crippen molar-refractivity contribution in [3.05, 3.63) is 69.8 Å². The second-order valence-electron chi connectivity index (χ2n) is 7.98. The standard InChI is InChI=1S/C25H24F6O4/c1-15(2)4-11-19-20(35-13-3-12-24(26,27)28)14-17(21(22(19)32)23(33)34)8-5-16-6-9-18(10-7-16)25(29,30)31/h4-10,14,32H,3,11-13H2,1-2H3,(H,33,34)/b8-5+. The lowest BCUT2D eigenvalue weighted by atomic mass is 9.97. The highest BCUT2D eigenvalue weighted by atomic mass is 19.4. The van der Waals surface area contributed by atoms with Gasteiger partial charge >= 0.3 is 18.3 Å². The van der Waals surface area contributed by atoms with Crippen molar-refractivity contribution in [2.24, 2.45) is 0 Å². The summed E-state index contributed by atoms with van der Waals surface area (Å²) in [4.78, 5) is 11.9. The number of phenols is 1. The molecule has 2 aromatic carbocycles. The number of carboxylic acid groups (broad SMARTS) is 1. The maximum atomic E-state index is 12.8. The molecule has 0 aliphatic heterocycles. The number of ether oxygens (including phenoxy) is 1. The number of carboxylic acids is 1. The van der Waals surface area contributed by atoms with Gasteiger partial charge in [-0.05, 0) is 56.0 Å². The van der Waals surface area contributed by atoms with Gasteiger partial charge in [0, 0.05) is 12.0 Å². The Bertz CT molecular complexity index is 1090. The molecule has 0 saturated carbocycles. The van der Waals surface area contributed by atoms with Gasteiger partial charge in [0.25, 0.3) is 0 Å². The molecular weight excluding hydrogens is 478 g/mol. The molecular formula is C25H24F6O4. The van der Waals surface area contributed by atoms with Crippen molar-refractivity contribution in [2.75, 3.05) is 6.61 Å². The van der Waals surface area contributed by atoms with Crippen molar-refractivity contribution in [1.82, 2.24) is 0 Å². The summed E-state index contributed by atoms with van der Waals surface area (Å²) in [7, 11) is 0. The first kappa shape index (κ1) is 27.8. The van der Waals surface area contributed by atoms with E-state index in [0.29, 0.717) is 5.56 Å². The van der Waals surface area contributed by atoms with E-state index in [1.807, 2.05) is 0 Å². The summed E-state index contributed by atoms with van der Waals surface area (Å²) in [5, 5.41) is 20.4. The fourth-order valence-corrected chi connectivity index (χ4v) is 3.12. The van der Waals surface area contributed by atoms with Gasteiger partial charge in [-0.15, -0.1) is 0 Å². The van der Waals surface area contributed by atoms with Crippen LogP contribution < -0.4 is 4.74 Å². The zero-order chi connectivity index (χ0) is 26.4. The van der Waals surface area contributed by atoms with Crippen molar-refractivity contribution in [1.29, 1.82) is 0 Å². The summed E-state index contributed by atoms with van der Waals surface area (Å²) in [6.07, 6.45) is -5.89. The Morgan fingerprint density at radius 3 is 2.17 bits per heavy atom. The second-order valence-corrected chi connectivity index (χ2v) is 7.98. The molecule has 190 valence electrons. The van der Waals surface area contributed by atoms with Crippen molar-refractivity contribution in [2.45, 2.75) is 45.5 Å². The average Bonchev–Trinajstić information content (AvgIpc) is 2.73. The summed E-state index contributed by atoms with van der Waals surface area (Å²) in [5.41, 5.74) is -0.0562. The SMILES string of the molecule is CC(C)=CCc1c(OCCCC(F)(F)F)cc(/C=C/c2ccc(C(F)(F)F)cc2)c(C(=O)O)c1O. The third-order valence-corrected chi connectivity index (χ3v) is 4.88. The summed E-state index contributed by atoms with van der Waals surface area (Å²) in [6, 6.07) is 5.40. The number of hydrogen-bond donors (Lipinski definition) is 2. The minimum absolute atomic E-state index is 0.0132. The molecule has 2 N–H and O–H groups in total. The van der Waals surface area contributed by atoms with Crippen LogP contribution >= 0.6 is 0 Å². The lowest BCUT2D eigenvalue weighted by Crippen LogP contribution is -2.11. The lowest BCUT2D eigenvalue weighted by Gasteiger charge is -2.16. The molecule has 0 amide bonds. The van der Waals surface area contributed by atoms with Gasteiger partial charge in [0.05, 0.1) is 12.2 Å². The highest BCUT2D eigenvalue weighted by molar-refractivity contribution is 5.97. The van der Waals surface area contributed by atoms with Gasteiger partial charge in [-0.25, -0.2) is 4.79 Å². The number of aromatic carboxylic acids is 1. The molecule has 10 heteroatoms. The van der Waals surface area contributed by atoms with E-state index in [1.165, 1.54) is 30.4 Å². The van der Waals surface area contributed by atoms with Gasteiger partial charge in [-0.1, -0.05) is 35.9 Å². The Labute approximate surface area is 198 Å². The largest absolute Gasteiger partial charge is 0.507 e. The molecule has 0 aliphatic carbocycles. The van der Waals surface area contributed by atoms with Crippen molar-refractivity contribution >= 4 is 18.1 Å². The fraction of sp³-hybridized carbons (Fsp3) is 0.320. The van der Waals surface area contributed by atoms with Crippen molar-refractivity contribution in [3.63, 3.8) is 0 Å². The minimum atomic E-state index is -4.51. The molecule has 0 spiro atoms. The Balaban J connectivity index is 2.46. The monoisotopic (exact) mass is 502 g/mol. The topological polar surface area (TPSA) is 66.8 Å². The number of halogens is 6. The maximum Gasteiger partial charge on any atom is 0.416 e. The van der Waals surface area contributed by atoms with Crippen LogP contribution in [0.3, 0.4) is 0 Å². The van der Waals surface area contributed by atoms with Crippen LogP contribution in [0.15, 0.2) is 42.0 Å². The van der Waals surface area contributed by atoms with E-state index in [0.717, 1.165) is 17.7 Å². The number of carbonyl (C=O) groups is 1. The van der Waals surface area contributed by atoms with Crippen LogP contribution in [-0.4, -0.2) is 29.0 Å². The average molecular weight is 502 g/mol. The van der Waals surface area contributed by atoms with E-state index >= 15 is 0 Å². The number of hydrogen-bond acceptors (Lipinski definition) is 3. The number of aromatic hydroxyl groups is 1. The van der Waals surface area contributed by atoms with E-state index in [1.54, 1.807) is 19.9 Å². The van der Waals surface area contributed by atoms with Crippen LogP contribution in [0.25, 0.3) is 12.2 Å². The van der Waals surface area contributed by atoms with Crippen LogP contribution in [0.2, 0.25) is 0 Å².